The molecule has 0 bridgehead atoms. The number of benzene rings is 1. The summed E-state index contributed by atoms with van der Waals surface area (Å²) in [6, 6.07) is 8.26. The molecule has 1 aliphatic rings. The van der Waals surface area contributed by atoms with Gasteiger partial charge in [0.1, 0.15) is 0 Å². The Morgan fingerprint density at radius 1 is 1.39 bits per heavy atom. The number of aryl methyl sites for hydroxylation is 1. The normalized spacial score (nSPS) is 16.4. The fourth-order valence-corrected chi connectivity index (χ4v) is 2.58. The van der Waals surface area contributed by atoms with Gasteiger partial charge in [-0.3, -0.25) is 4.79 Å². The average molecular weight is 246 g/mol. The molecule has 3 heteroatoms. The van der Waals surface area contributed by atoms with Crippen LogP contribution in [0.25, 0.3) is 0 Å². The van der Waals surface area contributed by atoms with E-state index in [1.165, 1.54) is 11.1 Å². The van der Waals surface area contributed by atoms with Gasteiger partial charge in [0.25, 0.3) is 0 Å². The number of rotatable bonds is 5. The first-order valence-electron chi connectivity index (χ1n) is 6.58. The van der Waals surface area contributed by atoms with E-state index in [0.29, 0.717) is 0 Å². The Morgan fingerprint density at radius 3 is 2.61 bits per heavy atom. The number of amides is 1. The Bertz CT molecular complexity index is 438. The highest BCUT2D eigenvalue weighted by atomic mass is 16.2. The molecule has 0 unspecified atom stereocenters. The molecule has 1 saturated carbocycles. The van der Waals surface area contributed by atoms with E-state index in [-0.39, 0.29) is 11.3 Å². The molecule has 0 spiro atoms. The predicted octanol–water partition coefficient (Wildman–Crippen LogP) is 1.70. The van der Waals surface area contributed by atoms with Crippen molar-refractivity contribution in [1.82, 2.24) is 10.2 Å². The Balaban J connectivity index is 2.17. The van der Waals surface area contributed by atoms with Crippen molar-refractivity contribution in [2.24, 2.45) is 0 Å². The minimum absolute atomic E-state index is 0.228. The van der Waals surface area contributed by atoms with Crippen molar-refractivity contribution in [3.63, 3.8) is 0 Å². The van der Waals surface area contributed by atoms with Crippen LogP contribution in [-0.2, 0) is 10.2 Å². The van der Waals surface area contributed by atoms with E-state index in [4.69, 9.17) is 0 Å². The van der Waals surface area contributed by atoms with Gasteiger partial charge in [-0.25, -0.2) is 0 Å². The van der Waals surface area contributed by atoms with Gasteiger partial charge in [0.05, 0.1) is 5.41 Å². The van der Waals surface area contributed by atoms with Crippen LogP contribution in [0.2, 0.25) is 0 Å². The number of carbonyl (C=O) groups is 1. The quantitative estimate of drug-likeness (QED) is 0.857. The van der Waals surface area contributed by atoms with Crippen LogP contribution >= 0.6 is 0 Å². The molecule has 1 fully saturated rings. The summed E-state index contributed by atoms with van der Waals surface area (Å²) in [5.41, 5.74) is 2.21. The third-order valence-corrected chi connectivity index (χ3v) is 3.86. The van der Waals surface area contributed by atoms with Crippen LogP contribution in [0.5, 0.6) is 0 Å². The highest BCUT2D eigenvalue weighted by Crippen LogP contribution is 2.50. The number of hydrogen-bond donors (Lipinski definition) is 1. The van der Waals surface area contributed by atoms with Gasteiger partial charge in [-0.2, -0.15) is 0 Å². The fraction of sp³-hybridized carbons (Fsp3) is 0.533. The van der Waals surface area contributed by atoms with Crippen molar-refractivity contribution in [2.75, 3.05) is 27.2 Å². The summed E-state index contributed by atoms with van der Waals surface area (Å²) in [6.45, 7) is 3.70. The first-order chi connectivity index (χ1) is 8.62. The second-order valence-corrected chi connectivity index (χ2v) is 5.23. The topological polar surface area (TPSA) is 32.3 Å². The van der Waals surface area contributed by atoms with Gasteiger partial charge in [0.15, 0.2) is 0 Å². The number of nitrogens with one attached hydrogen (secondary N) is 1. The highest BCUT2D eigenvalue weighted by Gasteiger charge is 2.52. The zero-order valence-electron chi connectivity index (χ0n) is 11.5. The van der Waals surface area contributed by atoms with Gasteiger partial charge in [-0.05, 0) is 37.9 Å². The molecule has 0 atom stereocenters. The van der Waals surface area contributed by atoms with Gasteiger partial charge in [-0.1, -0.05) is 24.3 Å². The third-order valence-electron chi connectivity index (χ3n) is 3.86. The van der Waals surface area contributed by atoms with Crippen LogP contribution in [0.1, 0.15) is 24.0 Å². The number of likely N-dealkylation sites (N-methyl/N-ethyl adjacent to an activating group) is 2. The molecule has 1 aromatic carbocycles. The number of carbonyl (C=O) groups excluding carboxylic acids is 1. The standard InChI is InChI=1S/C15H22N2O/c1-12-6-4-5-7-13(12)15(8-9-15)14(18)17(3)11-10-16-2/h4-7,16H,8-11H2,1-3H3. The molecule has 98 valence electrons. The summed E-state index contributed by atoms with van der Waals surface area (Å²) in [6.07, 6.45) is 1.97. The van der Waals surface area contributed by atoms with Gasteiger partial charge in [0.2, 0.25) is 5.91 Å². The van der Waals surface area contributed by atoms with Gasteiger partial charge in [0, 0.05) is 20.1 Å². The molecule has 1 aromatic rings. The molecular weight excluding hydrogens is 224 g/mol. The molecule has 1 amide bonds. The maximum Gasteiger partial charge on any atom is 0.233 e. The fourth-order valence-electron chi connectivity index (χ4n) is 2.58. The Hall–Kier alpha value is -1.35. The minimum Gasteiger partial charge on any atom is -0.344 e. The Kier molecular flexibility index (Phi) is 3.71. The average Bonchev–Trinajstić information content (AvgIpc) is 3.17. The Labute approximate surface area is 109 Å². The van der Waals surface area contributed by atoms with E-state index in [1.54, 1.807) is 0 Å². The molecule has 0 heterocycles. The van der Waals surface area contributed by atoms with Crippen molar-refractivity contribution in [2.45, 2.75) is 25.2 Å². The monoisotopic (exact) mass is 246 g/mol. The van der Waals surface area contributed by atoms with Crippen molar-refractivity contribution in [3.8, 4) is 0 Å². The third kappa shape index (κ3) is 2.27. The van der Waals surface area contributed by atoms with E-state index in [0.717, 1.165) is 25.9 Å². The molecule has 1 N–H and O–H groups in total. The summed E-state index contributed by atoms with van der Waals surface area (Å²) in [4.78, 5) is 14.4. The van der Waals surface area contributed by atoms with Gasteiger partial charge < -0.3 is 10.2 Å². The molecule has 0 aromatic heterocycles. The van der Waals surface area contributed by atoms with E-state index in [1.807, 2.05) is 31.1 Å². The van der Waals surface area contributed by atoms with Crippen LogP contribution in [0.4, 0.5) is 0 Å². The molecule has 18 heavy (non-hydrogen) atoms. The van der Waals surface area contributed by atoms with Crippen molar-refractivity contribution >= 4 is 5.91 Å². The number of hydrogen-bond acceptors (Lipinski definition) is 2. The van der Waals surface area contributed by atoms with Crippen molar-refractivity contribution < 1.29 is 4.79 Å². The first kappa shape index (κ1) is 13.1. The highest BCUT2D eigenvalue weighted by molar-refractivity contribution is 5.91. The maximum absolute atomic E-state index is 12.6. The molecule has 0 saturated heterocycles. The Morgan fingerprint density at radius 2 is 2.06 bits per heavy atom. The lowest BCUT2D eigenvalue weighted by molar-refractivity contribution is -0.132. The minimum atomic E-state index is -0.228. The molecule has 0 radical (unpaired) electrons. The summed E-state index contributed by atoms with van der Waals surface area (Å²) < 4.78 is 0. The van der Waals surface area contributed by atoms with Crippen LogP contribution in [0.3, 0.4) is 0 Å². The summed E-state index contributed by atoms with van der Waals surface area (Å²) in [5.74, 6) is 0.270. The molecule has 3 nitrogen and oxygen atoms in total. The zero-order chi connectivity index (χ0) is 13.2. The largest absolute Gasteiger partial charge is 0.344 e. The van der Waals surface area contributed by atoms with Crippen LogP contribution in [0, 0.1) is 6.92 Å². The van der Waals surface area contributed by atoms with Crippen molar-refractivity contribution in [1.29, 1.82) is 0 Å². The van der Waals surface area contributed by atoms with Crippen molar-refractivity contribution in [3.05, 3.63) is 35.4 Å². The lowest BCUT2D eigenvalue weighted by atomic mass is 9.90. The van der Waals surface area contributed by atoms with E-state index in [9.17, 15) is 4.79 Å². The second kappa shape index (κ2) is 5.11. The lowest BCUT2D eigenvalue weighted by Gasteiger charge is -2.25. The predicted molar refractivity (Wildman–Crippen MR) is 73.7 cm³/mol. The van der Waals surface area contributed by atoms with Crippen LogP contribution < -0.4 is 5.32 Å². The first-order valence-corrected chi connectivity index (χ1v) is 6.58. The lowest BCUT2D eigenvalue weighted by Crippen LogP contribution is -2.40. The van der Waals surface area contributed by atoms with E-state index in [2.05, 4.69) is 24.4 Å². The summed E-state index contributed by atoms with van der Waals surface area (Å²) >= 11 is 0. The second-order valence-electron chi connectivity index (χ2n) is 5.23. The maximum atomic E-state index is 12.6. The van der Waals surface area contributed by atoms with Crippen LogP contribution in [-0.4, -0.2) is 38.0 Å². The summed E-state index contributed by atoms with van der Waals surface area (Å²) in [7, 11) is 3.81. The zero-order valence-corrected chi connectivity index (χ0v) is 11.5. The molecule has 1 aliphatic carbocycles. The van der Waals surface area contributed by atoms with E-state index < -0.39 is 0 Å². The summed E-state index contributed by atoms with van der Waals surface area (Å²) in [5, 5.41) is 3.08. The molecule has 2 rings (SSSR count). The van der Waals surface area contributed by atoms with Gasteiger partial charge >= 0.3 is 0 Å². The number of nitrogens with zero attached hydrogens (tertiary/aromatic N) is 1. The molecular formula is C15H22N2O. The van der Waals surface area contributed by atoms with E-state index >= 15 is 0 Å². The van der Waals surface area contributed by atoms with Crippen LogP contribution in [0.15, 0.2) is 24.3 Å². The molecule has 0 aliphatic heterocycles. The smallest absolute Gasteiger partial charge is 0.233 e. The SMILES string of the molecule is CNCCN(C)C(=O)C1(c2ccccc2C)CC1. The van der Waals surface area contributed by atoms with Gasteiger partial charge in [-0.15, -0.1) is 0 Å².